The maximum Gasteiger partial charge on any atom is 0.0272 e. The molecule has 0 aliphatic heterocycles. The molecule has 0 saturated heterocycles. The SMILES string of the molecule is [2H][C@H]1CCC12CCCC2. The standard InChI is InChI=1S/C8H14/c1-2-5-8(4-1)6-3-7-8/h1-7H2/i6D/t6-/m0/s1. The first-order chi connectivity index (χ1) is 4.33. The highest BCUT2D eigenvalue weighted by Crippen LogP contribution is 2.52. The summed E-state index contributed by atoms with van der Waals surface area (Å²) in [5.41, 5.74) is 0.542. The molecule has 0 bridgehead atoms. The van der Waals surface area contributed by atoms with Gasteiger partial charge in [-0.25, -0.2) is 0 Å². The third kappa shape index (κ3) is 0.519. The minimum Gasteiger partial charge on any atom is -0.0528 e. The lowest BCUT2D eigenvalue weighted by Crippen LogP contribution is -2.24. The Morgan fingerprint density at radius 1 is 1.00 bits per heavy atom. The molecule has 0 heteroatoms. The Morgan fingerprint density at radius 2 is 1.62 bits per heavy atom. The first-order valence-electron chi connectivity index (χ1n) is 4.33. The number of hydrogen-bond donors (Lipinski definition) is 0. The summed E-state index contributed by atoms with van der Waals surface area (Å²) < 4.78 is 7.66. The van der Waals surface area contributed by atoms with E-state index < -0.39 is 0 Å². The molecular weight excluding hydrogens is 96.1 g/mol. The molecule has 0 amide bonds. The molecule has 0 aromatic carbocycles. The van der Waals surface area contributed by atoms with Crippen molar-refractivity contribution < 1.29 is 1.37 Å². The predicted molar refractivity (Wildman–Crippen MR) is 34.8 cm³/mol. The van der Waals surface area contributed by atoms with Crippen LogP contribution >= 0.6 is 0 Å². The van der Waals surface area contributed by atoms with Gasteiger partial charge in [0.25, 0.3) is 0 Å². The van der Waals surface area contributed by atoms with E-state index in [9.17, 15) is 0 Å². The summed E-state index contributed by atoms with van der Waals surface area (Å²) in [4.78, 5) is 0. The van der Waals surface area contributed by atoms with Crippen molar-refractivity contribution in [3.05, 3.63) is 0 Å². The fourth-order valence-corrected chi connectivity index (χ4v) is 2.09. The maximum atomic E-state index is 7.66. The number of rotatable bonds is 0. The van der Waals surface area contributed by atoms with Crippen molar-refractivity contribution in [1.82, 2.24) is 0 Å². The van der Waals surface area contributed by atoms with Crippen LogP contribution in [-0.2, 0) is 0 Å². The summed E-state index contributed by atoms with van der Waals surface area (Å²) in [6.45, 7) is 0. The summed E-state index contributed by atoms with van der Waals surface area (Å²) in [5.74, 6) is 0. The lowest BCUT2D eigenvalue weighted by atomic mass is 9.68. The molecule has 46 valence electrons. The molecule has 8 heavy (non-hydrogen) atoms. The second-order valence-corrected chi connectivity index (χ2v) is 3.31. The molecule has 2 aliphatic carbocycles. The van der Waals surface area contributed by atoms with Crippen LogP contribution in [0.5, 0.6) is 0 Å². The Balaban J connectivity index is 2.06. The zero-order valence-electron chi connectivity index (χ0n) is 6.32. The third-order valence-electron chi connectivity index (χ3n) is 2.82. The molecular formula is C8H14. The highest BCUT2D eigenvalue weighted by molar-refractivity contribution is 4.90. The van der Waals surface area contributed by atoms with Crippen molar-refractivity contribution >= 4 is 0 Å². The van der Waals surface area contributed by atoms with Gasteiger partial charge >= 0.3 is 0 Å². The molecule has 2 fully saturated rings. The van der Waals surface area contributed by atoms with Crippen LogP contribution in [-0.4, -0.2) is 0 Å². The van der Waals surface area contributed by atoms with Crippen LogP contribution in [0, 0.1) is 5.41 Å². The van der Waals surface area contributed by atoms with E-state index in [1.54, 1.807) is 0 Å². The monoisotopic (exact) mass is 111 g/mol. The van der Waals surface area contributed by atoms with Crippen molar-refractivity contribution in [3.8, 4) is 0 Å². The van der Waals surface area contributed by atoms with Gasteiger partial charge in [0.1, 0.15) is 0 Å². The summed E-state index contributed by atoms with van der Waals surface area (Å²) >= 11 is 0. The Hall–Kier alpha value is 0. The van der Waals surface area contributed by atoms with Crippen LogP contribution in [0.3, 0.4) is 0 Å². The maximum absolute atomic E-state index is 7.66. The van der Waals surface area contributed by atoms with Gasteiger partial charge in [-0.2, -0.15) is 0 Å². The zero-order chi connectivity index (χ0) is 6.32. The quantitative estimate of drug-likeness (QED) is 0.451. The van der Waals surface area contributed by atoms with E-state index in [2.05, 4.69) is 0 Å². The Bertz CT molecular complexity index is 114. The normalized spacial score (nSPS) is 44.0. The summed E-state index contributed by atoms with van der Waals surface area (Å²) in [7, 11) is 0. The Kier molecular flexibility index (Phi) is 0.731. The van der Waals surface area contributed by atoms with Crippen LogP contribution < -0.4 is 0 Å². The minimum absolute atomic E-state index is 0.319. The van der Waals surface area contributed by atoms with Crippen LogP contribution in [0.2, 0.25) is 0 Å². The van der Waals surface area contributed by atoms with Gasteiger partial charge in [-0.15, -0.1) is 0 Å². The lowest BCUT2D eigenvalue weighted by molar-refractivity contribution is 0.144. The van der Waals surface area contributed by atoms with Gasteiger partial charge < -0.3 is 0 Å². The molecule has 0 unspecified atom stereocenters. The lowest BCUT2D eigenvalue weighted by Gasteiger charge is -2.38. The van der Waals surface area contributed by atoms with Gasteiger partial charge in [0.2, 0.25) is 0 Å². The molecule has 0 radical (unpaired) electrons. The zero-order valence-corrected chi connectivity index (χ0v) is 5.32. The average molecular weight is 111 g/mol. The minimum atomic E-state index is 0.319. The molecule has 0 aromatic heterocycles. The molecule has 0 heterocycles. The second kappa shape index (κ2) is 1.49. The van der Waals surface area contributed by atoms with Crippen molar-refractivity contribution in [2.75, 3.05) is 0 Å². The highest BCUT2D eigenvalue weighted by Gasteiger charge is 2.38. The first kappa shape index (κ1) is 3.92. The molecule has 0 aromatic rings. The fraction of sp³-hybridized carbons (Fsp3) is 1.00. The van der Waals surface area contributed by atoms with Gasteiger partial charge in [-0.05, 0) is 31.1 Å². The summed E-state index contributed by atoms with van der Waals surface area (Å²) in [6, 6.07) is 0. The van der Waals surface area contributed by atoms with Crippen LogP contribution in [0.15, 0.2) is 0 Å². The smallest absolute Gasteiger partial charge is 0.0272 e. The van der Waals surface area contributed by atoms with E-state index in [0.29, 0.717) is 11.8 Å². The number of hydrogen-bond acceptors (Lipinski definition) is 0. The Morgan fingerprint density at radius 3 is 1.88 bits per heavy atom. The third-order valence-corrected chi connectivity index (χ3v) is 2.82. The molecule has 2 aliphatic rings. The topological polar surface area (TPSA) is 0 Å². The van der Waals surface area contributed by atoms with Gasteiger partial charge in [0, 0.05) is 1.37 Å². The molecule has 1 atom stereocenters. The van der Waals surface area contributed by atoms with Crippen molar-refractivity contribution in [2.45, 2.75) is 44.9 Å². The summed E-state index contributed by atoms with van der Waals surface area (Å²) in [5, 5.41) is 0. The molecule has 0 N–H and O–H groups in total. The van der Waals surface area contributed by atoms with Crippen LogP contribution in [0.25, 0.3) is 0 Å². The van der Waals surface area contributed by atoms with Gasteiger partial charge in [0.15, 0.2) is 0 Å². The van der Waals surface area contributed by atoms with Gasteiger partial charge in [-0.3, -0.25) is 0 Å². The first-order valence-corrected chi connectivity index (χ1v) is 3.76. The predicted octanol–water partition coefficient (Wildman–Crippen LogP) is 2.73. The van der Waals surface area contributed by atoms with E-state index in [4.69, 9.17) is 1.37 Å². The molecule has 0 nitrogen and oxygen atoms in total. The Labute approximate surface area is 52.7 Å². The van der Waals surface area contributed by atoms with E-state index in [1.807, 2.05) is 0 Å². The fourth-order valence-electron chi connectivity index (χ4n) is 2.09. The second-order valence-electron chi connectivity index (χ2n) is 3.31. The average Bonchev–Trinajstić information content (AvgIpc) is 2.34. The largest absolute Gasteiger partial charge is 0.0528 e. The van der Waals surface area contributed by atoms with Gasteiger partial charge in [0.05, 0.1) is 0 Å². The van der Waals surface area contributed by atoms with E-state index in [1.165, 1.54) is 38.5 Å². The van der Waals surface area contributed by atoms with E-state index in [-0.39, 0.29) is 0 Å². The van der Waals surface area contributed by atoms with Crippen molar-refractivity contribution in [1.29, 1.82) is 0 Å². The van der Waals surface area contributed by atoms with Gasteiger partial charge in [-0.1, -0.05) is 19.3 Å². The van der Waals surface area contributed by atoms with Crippen LogP contribution in [0.4, 0.5) is 0 Å². The highest BCUT2D eigenvalue weighted by atomic mass is 14.4. The van der Waals surface area contributed by atoms with Crippen LogP contribution in [0.1, 0.15) is 46.3 Å². The molecule has 1 spiro atoms. The summed E-state index contributed by atoms with van der Waals surface area (Å²) in [6.07, 6.45) is 8.38. The van der Waals surface area contributed by atoms with E-state index >= 15 is 0 Å². The van der Waals surface area contributed by atoms with E-state index in [0.717, 1.165) is 0 Å². The molecule has 2 saturated carbocycles. The molecule has 2 rings (SSSR count). The van der Waals surface area contributed by atoms with Crippen molar-refractivity contribution in [3.63, 3.8) is 0 Å². The van der Waals surface area contributed by atoms with Crippen molar-refractivity contribution in [2.24, 2.45) is 5.41 Å².